The largest absolute Gasteiger partial charge is 0.383 e. The summed E-state index contributed by atoms with van der Waals surface area (Å²) >= 11 is 0. The summed E-state index contributed by atoms with van der Waals surface area (Å²) in [6.45, 7) is 0.302. The molecule has 2 unspecified atom stereocenters. The predicted molar refractivity (Wildman–Crippen MR) is 121 cm³/mol. The van der Waals surface area contributed by atoms with E-state index in [-0.39, 0.29) is 19.1 Å². The van der Waals surface area contributed by atoms with Gasteiger partial charge in [0.2, 0.25) is 17.7 Å². The molecule has 4 atom stereocenters. The number of carbonyl (C=O) groups is 3. The van der Waals surface area contributed by atoms with Crippen molar-refractivity contribution in [3.05, 3.63) is 65.6 Å². The Hall–Kier alpha value is -3.56. The number of benzene rings is 2. The van der Waals surface area contributed by atoms with Crippen molar-refractivity contribution in [1.82, 2.24) is 15.2 Å². The second-order valence-electron chi connectivity index (χ2n) is 9.09. The maximum Gasteiger partial charge on any atom is 0.250 e. The number of methoxy groups -OCH3 is 1. The standard InChI is InChI=1S/C25H23FN4O4/c1-34-9-8-30-22(31)20-19(10-13-12-27-17-5-3-2-4-15(13)17)29-25(21(20)23(30)32)16-11-14(26)6-7-18(16)28-24(25)33/h2-7,11-12,19-21,27,29H,8-10H2,1H3,(H,28,33)/t19?,20-,21+,25?/m0/s1. The number of hydrogen-bond donors (Lipinski definition) is 3. The number of nitrogens with zero attached hydrogens (tertiary/aromatic N) is 1. The molecule has 3 aromatic rings. The quantitative estimate of drug-likeness (QED) is 0.503. The van der Waals surface area contributed by atoms with Crippen LogP contribution in [-0.4, -0.2) is 53.9 Å². The summed E-state index contributed by atoms with van der Waals surface area (Å²) in [4.78, 5) is 45.0. The topological polar surface area (TPSA) is 104 Å². The number of para-hydroxylation sites is 1. The first kappa shape index (κ1) is 21.0. The van der Waals surface area contributed by atoms with E-state index in [4.69, 9.17) is 4.74 Å². The van der Waals surface area contributed by atoms with Gasteiger partial charge in [-0.3, -0.25) is 24.6 Å². The van der Waals surface area contributed by atoms with Gasteiger partial charge < -0.3 is 15.0 Å². The molecule has 1 spiro atoms. The number of aromatic nitrogens is 1. The zero-order valence-electron chi connectivity index (χ0n) is 18.4. The van der Waals surface area contributed by atoms with E-state index in [0.717, 1.165) is 16.5 Å². The van der Waals surface area contributed by atoms with Crippen LogP contribution in [0, 0.1) is 17.7 Å². The first-order valence-electron chi connectivity index (χ1n) is 11.2. The van der Waals surface area contributed by atoms with Gasteiger partial charge in [-0.1, -0.05) is 18.2 Å². The monoisotopic (exact) mass is 462 g/mol. The molecule has 8 nitrogen and oxygen atoms in total. The minimum absolute atomic E-state index is 0.106. The summed E-state index contributed by atoms with van der Waals surface area (Å²) in [6, 6.07) is 11.4. The predicted octanol–water partition coefficient (Wildman–Crippen LogP) is 1.92. The van der Waals surface area contributed by atoms with Gasteiger partial charge in [-0.15, -0.1) is 0 Å². The van der Waals surface area contributed by atoms with E-state index < -0.39 is 41.0 Å². The Bertz CT molecular complexity index is 1350. The summed E-state index contributed by atoms with van der Waals surface area (Å²) in [5.41, 5.74) is 1.22. The van der Waals surface area contributed by atoms with Crippen molar-refractivity contribution in [3.8, 4) is 0 Å². The fourth-order valence-electron chi connectivity index (χ4n) is 5.95. The minimum Gasteiger partial charge on any atom is -0.383 e. The number of H-pyrrole nitrogens is 1. The lowest BCUT2D eigenvalue weighted by Gasteiger charge is -2.29. The van der Waals surface area contributed by atoms with Crippen LogP contribution in [0.5, 0.6) is 0 Å². The lowest BCUT2D eigenvalue weighted by atomic mass is 9.76. The number of fused-ring (bicyclic) bond motifs is 5. The molecule has 3 amide bonds. The average Bonchev–Trinajstić information content (AvgIpc) is 3.53. The molecule has 0 aliphatic carbocycles. The number of carbonyl (C=O) groups excluding carboxylic acids is 3. The number of hydrogen-bond acceptors (Lipinski definition) is 5. The van der Waals surface area contributed by atoms with Crippen molar-refractivity contribution in [1.29, 1.82) is 0 Å². The molecule has 1 aromatic heterocycles. The minimum atomic E-state index is -1.52. The molecule has 4 heterocycles. The molecule has 6 rings (SSSR count). The van der Waals surface area contributed by atoms with Crippen LogP contribution in [0.15, 0.2) is 48.7 Å². The zero-order chi connectivity index (χ0) is 23.6. The van der Waals surface area contributed by atoms with Crippen LogP contribution in [0.25, 0.3) is 10.9 Å². The summed E-state index contributed by atoms with van der Waals surface area (Å²) in [5, 5.41) is 7.15. The normalized spacial score (nSPS) is 27.6. The summed E-state index contributed by atoms with van der Waals surface area (Å²) < 4.78 is 19.4. The molecule has 3 aliphatic heterocycles. The molecule has 34 heavy (non-hydrogen) atoms. The van der Waals surface area contributed by atoms with Crippen molar-refractivity contribution in [2.75, 3.05) is 25.6 Å². The van der Waals surface area contributed by atoms with Gasteiger partial charge in [0.1, 0.15) is 11.4 Å². The van der Waals surface area contributed by atoms with Gasteiger partial charge in [0, 0.05) is 41.5 Å². The van der Waals surface area contributed by atoms with Gasteiger partial charge in [0.25, 0.3) is 0 Å². The molecule has 3 N–H and O–H groups in total. The highest BCUT2D eigenvalue weighted by Crippen LogP contribution is 2.53. The first-order valence-corrected chi connectivity index (χ1v) is 11.2. The van der Waals surface area contributed by atoms with E-state index in [9.17, 15) is 18.8 Å². The van der Waals surface area contributed by atoms with Gasteiger partial charge >= 0.3 is 0 Å². The van der Waals surface area contributed by atoms with Gasteiger partial charge in [-0.05, 0) is 36.2 Å². The number of anilines is 1. The van der Waals surface area contributed by atoms with Crippen LogP contribution in [0.2, 0.25) is 0 Å². The molecular weight excluding hydrogens is 439 g/mol. The lowest BCUT2D eigenvalue weighted by Crippen LogP contribution is -2.53. The van der Waals surface area contributed by atoms with E-state index in [1.54, 1.807) is 0 Å². The molecule has 0 bridgehead atoms. The Balaban J connectivity index is 1.47. The van der Waals surface area contributed by atoms with Crippen molar-refractivity contribution in [2.45, 2.75) is 18.0 Å². The van der Waals surface area contributed by atoms with Gasteiger partial charge in [-0.25, -0.2) is 4.39 Å². The summed E-state index contributed by atoms with van der Waals surface area (Å²) in [6.07, 6.45) is 2.31. The van der Waals surface area contributed by atoms with Crippen molar-refractivity contribution in [3.63, 3.8) is 0 Å². The average molecular weight is 462 g/mol. The van der Waals surface area contributed by atoms with Crippen LogP contribution in [0.3, 0.4) is 0 Å². The van der Waals surface area contributed by atoms with E-state index in [1.165, 1.54) is 30.2 Å². The summed E-state index contributed by atoms with van der Waals surface area (Å²) in [5.74, 6) is -3.47. The van der Waals surface area contributed by atoms with Crippen molar-refractivity contribution in [2.24, 2.45) is 11.8 Å². The molecule has 2 saturated heterocycles. The number of ether oxygens (including phenoxy) is 1. The third kappa shape index (κ3) is 2.74. The van der Waals surface area contributed by atoms with Gasteiger partial charge in [0.05, 0.1) is 25.0 Å². The number of imide groups is 1. The molecule has 2 fully saturated rings. The smallest absolute Gasteiger partial charge is 0.250 e. The Morgan fingerprint density at radius 2 is 1.94 bits per heavy atom. The Morgan fingerprint density at radius 3 is 2.76 bits per heavy atom. The second kappa shape index (κ2) is 7.48. The fraction of sp³-hybridized carbons (Fsp3) is 0.320. The second-order valence-corrected chi connectivity index (χ2v) is 9.09. The molecule has 2 aromatic carbocycles. The number of likely N-dealkylation sites (tertiary alicyclic amines) is 1. The van der Waals surface area contributed by atoms with E-state index >= 15 is 0 Å². The molecule has 3 aliphatic rings. The molecule has 0 radical (unpaired) electrons. The SMILES string of the molecule is COCCN1C(=O)[C@H]2C(Cc3c[nH]c4ccccc34)NC3(C(=O)Nc4ccc(F)cc43)[C@H]2C1=O. The highest BCUT2D eigenvalue weighted by atomic mass is 19.1. The van der Waals surface area contributed by atoms with Crippen LogP contribution < -0.4 is 10.6 Å². The number of rotatable bonds is 5. The highest BCUT2D eigenvalue weighted by molar-refractivity contribution is 6.15. The van der Waals surface area contributed by atoms with Crippen molar-refractivity contribution < 1.29 is 23.5 Å². The third-order valence-electron chi connectivity index (χ3n) is 7.40. The van der Waals surface area contributed by atoms with Crippen LogP contribution in [-0.2, 0) is 31.1 Å². The van der Waals surface area contributed by atoms with Crippen LogP contribution in [0.1, 0.15) is 11.1 Å². The van der Waals surface area contributed by atoms with Crippen LogP contribution >= 0.6 is 0 Å². The Morgan fingerprint density at radius 1 is 1.12 bits per heavy atom. The zero-order valence-corrected chi connectivity index (χ0v) is 18.4. The van der Waals surface area contributed by atoms with E-state index in [2.05, 4.69) is 15.6 Å². The molecular formula is C25H23FN4O4. The van der Waals surface area contributed by atoms with Crippen molar-refractivity contribution >= 4 is 34.3 Å². The maximum atomic E-state index is 14.3. The third-order valence-corrected chi connectivity index (χ3v) is 7.40. The van der Waals surface area contributed by atoms with Gasteiger partial charge in [0.15, 0.2) is 0 Å². The number of aromatic amines is 1. The van der Waals surface area contributed by atoms with Crippen LogP contribution in [0.4, 0.5) is 10.1 Å². The first-order chi connectivity index (χ1) is 16.5. The molecule has 0 saturated carbocycles. The van der Waals surface area contributed by atoms with Gasteiger partial charge in [-0.2, -0.15) is 0 Å². The lowest BCUT2D eigenvalue weighted by molar-refractivity contribution is -0.143. The molecule has 174 valence electrons. The van der Waals surface area contributed by atoms with E-state index in [1.807, 2.05) is 30.5 Å². The number of halogens is 1. The Kier molecular flexibility index (Phi) is 4.62. The summed E-state index contributed by atoms with van der Waals surface area (Å²) in [7, 11) is 1.50. The highest BCUT2D eigenvalue weighted by Gasteiger charge is 2.70. The Labute approximate surface area is 194 Å². The molecule has 9 heteroatoms. The number of nitrogens with one attached hydrogen (secondary N) is 3. The number of amides is 3. The maximum absolute atomic E-state index is 14.3. The van der Waals surface area contributed by atoms with E-state index in [0.29, 0.717) is 17.7 Å². The fourth-order valence-corrected chi connectivity index (χ4v) is 5.95.